The van der Waals surface area contributed by atoms with Crippen LogP contribution in [0.2, 0.25) is 0 Å². The first-order chi connectivity index (χ1) is 9.08. The lowest BCUT2D eigenvalue weighted by Crippen LogP contribution is -2.18. The second-order valence-electron chi connectivity index (χ2n) is 4.35. The van der Waals surface area contributed by atoms with Gasteiger partial charge in [-0.1, -0.05) is 19.1 Å². The van der Waals surface area contributed by atoms with E-state index in [2.05, 4.69) is 5.10 Å². The Morgan fingerprint density at radius 1 is 1.32 bits per heavy atom. The predicted octanol–water partition coefficient (Wildman–Crippen LogP) is 2.79. The molecular formula is C14H17F2N3. The molecule has 19 heavy (non-hydrogen) atoms. The second kappa shape index (κ2) is 5.48. The normalized spacial score (nSPS) is 12.7. The van der Waals surface area contributed by atoms with Crippen molar-refractivity contribution in [2.75, 3.05) is 0 Å². The van der Waals surface area contributed by atoms with Gasteiger partial charge >= 0.3 is 0 Å². The van der Waals surface area contributed by atoms with Crippen molar-refractivity contribution >= 4 is 0 Å². The molecule has 0 fully saturated rings. The predicted molar refractivity (Wildman–Crippen MR) is 69.7 cm³/mol. The van der Waals surface area contributed by atoms with E-state index in [9.17, 15) is 8.78 Å². The van der Waals surface area contributed by atoms with Crippen LogP contribution < -0.4 is 5.73 Å². The molecule has 0 aliphatic heterocycles. The smallest absolute Gasteiger partial charge is 0.163 e. The highest BCUT2D eigenvalue weighted by atomic mass is 19.2. The van der Waals surface area contributed by atoms with E-state index in [1.54, 1.807) is 4.68 Å². The van der Waals surface area contributed by atoms with E-state index >= 15 is 0 Å². The van der Waals surface area contributed by atoms with Gasteiger partial charge in [-0.2, -0.15) is 5.10 Å². The molecule has 2 N–H and O–H groups in total. The summed E-state index contributed by atoms with van der Waals surface area (Å²) in [6.45, 7) is 4.56. The molecule has 1 unspecified atom stereocenters. The highest BCUT2D eigenvalue weighted by Gasteiger charge is 2.20. The molecule has 102 valence electrons. The Morgan fingerprint density at radius 2 is 2.05 bits per heavy atom. The summed E-state index contributed by atoms with van der Waals surface area (Å²) in [6, 6.07) is 5.17. The van der Waals surface area contributed by atoms with Crippen LogP contribution in [0.15, 0.2) is 24.3 Å². The molecule has 1 aromatic carbocycles. The van der Waals surface area contributed by atoms with Crippen molar-refractivity contribution in [1.29, 1.82) is 0 Å². The summed E-state index contributed by atoms with van der Waals surface area (Å²) in [5.41, 5.74) is 7.80. The second-order valence-corrected chi connectivity index (χ2v) is 4.35. The molecule has 0 amide bonds. The molecule has 0 aliphatic rings. The van der Waals surface area contributed by atoms with E-state index in [0.717, 1.165) is 18.2 Å². The average molecular weight is 265 g/mol. The lowest BCUT2D eigenvalue weighted by Gasteiger charge is -2.14. The number of aromatic nitrogens is 2. The lowest BCUT2D eigenvalue weighted by molar-refractivity contribution is 0.489. The van der Waals surface area contributed by atoms with Crippen molar-refractivity contribution in [2.45, 2.75) is 32.9 Å². The van der Waals surface area contributed by atoms with E-state index in [-0.39, 0.29) is 5.56 Å². The van der Waals surface area contributed by atoms with Gasteiger partial charge in [0.1, 0.15) is 0 Å². The van der Waals surface area contributed by atoms with Crippen LogP contribution >= 0.6 is 0 Å². The minimum atomic E-state index is -0.892. The average Bonchev–Trinajstić information content (AvgIpc) is 2.84. The molecule has 0 saturated heterocycles. The molecule has 5 heteroatoms. The van der Waals surface area contributed by atoms with Gasteiger partial charge in [0, 0.05) is 12.1 Å². The highest BCUT2D eigenvalue weighted by Crippen LogP contribution is 2.24. The zero-order chi connectivity index (χ0) is 14.0. The number of rotatable bonds is 4. The summed E-state index contributed by atoms with van der Waals surface area (Å²) < 4.78 is 28.8. The fourth-order valence-electron chi connectivity index (χ4n) is 2.08. The molecule has 1 atom stereocenters. The molecule has 2 rings (SSSR count). The third-order valence-corrected chi connectivity index (χ3v) is 3.16. The molecule has 0 aliphatic carbocycles. The van der Waals surface area contributed by atoms with Gasteiger partial charge in [-0.15, -0.1) is 0 Å². The van der Waals surface area contributed by atoms with E-state index in [0.29, 0.717) is 12.2 Å². The number of hydrogen-bond donors (Lipinski definition) is 1. The Balaban J connectivity index is 2.46. The number of nitrogens with zero attached hydrogens (tertiary/aromatic N) is 2. The van der Waals surface area contributed by atoms with Crippen LogP contribution in [0.25, 0.3) is 0 Å². The van der Waals surface area contributed by atoms with Gasteiger partial charge in [0.05, 0.1) is 17.4 Å². The zero-order valence-electron chi connectivity index (χ0n) is 11.0. The van der Waals surface area contributed by atoms with Crippen LogP contribution in [-0.2, 0) is 13.0 Å². The Kier molecular flexibility index (Phi) is 3.95. The lowest BCUT2D eigenvalue weighted by atomic mass is 10.0. The van der Waals surface area contributed by atoms with Crippen molar-refractivity contribution < 1.29 is 8.78 Å². The summed E-state index contributed by atoms with van der Waals surface area (Å²) in [4.78, 5) is 0. The summed E-state index contributed by atoms with van der Waals surface area (Å²) >= 11 is 0. The van der Waals surface area contributed by atoms with Crippen LogP contribution in [0.4, 0.5) is 8.78 Å². The summed E-state index contributed by atoms with van der Waals surface area (Å²) in [5.74, 6) is -1.77. The largest absolute Gasteiger partial charge is 0.319 e. The van der Waals surface area contributed by atoms with Gasteiger partial charge < -0.3 is 5.73 Å². The van der Waals surface area contributed by atoms with Gasteiger partial charge in [0.15, 0.2) is 11.6 Å². The van der Waals surface area contributed by atoms with Crippen LogP contribution in [-0.4, -0.2) is 9.78 Å². The molecule has 0 radical (unpaired) electrons. The number of benzene rings is 1. The summed E-state index contributed by atoms with van der Waals surface area (Å²) in [5, 5.41) is 4.37. The van der Waals surface area contributed by atoms with Crippen LogP contribution in [0.1, 0.15) is 36.8 Å². The standard InChI is InChI=1S/C14H17F2N3/c1-3-9-8-12(19(4-2)18-9)14(17)10-6-5-7-11(15)13(10)16/h5-8,14H,3-4,17H2,1-2H3. The van der Waals surface area contributed by atoms with Gasteiger partial charge in [0.2, 0.25) is 0 Å². The minimum absolute atomic E-state index is 0.150. The molecule has 3 nitrogen and oxygen atoms in total. The first-order valence-corrected chi connectivity index (χ1v) is 6.34. The molecular weight excluding hydrogens is 248 g/mol. The molecule has 1 heterocycles. The van der Waals surface area contributed by atoms with Gasteiger partial charge in [-0.05, 0) is 25.5 Å². The van der Waals surface area contributed by atoms with Crippen molar-refractivity contribution in [2.24, 2.45) is 5.73 Å². The maximum Gasteiger partial charge on any atom is 0.163 e. The van der Waals surface area contributed by atoms with E-state index in [4.69, 9.17) is 5.73 Å². The maximum absolute atomic E-state index is 13.8. The van der Waals surface area contributed by atoms with Crippen LogP contribution in [0, 0.1) is 11.6 Å². The zero-order valence-corrected chi connectivity index (χ0v) is 11.0. The van der Waals surface area contributed by atoms with Crippen molar-refractivity contribution in [3.8, 4) is 0 Å². The number of aryl methyl sites for hydroxylation is 2. The Hall–Kier alpha value is -1.75. The van der Waals surface area contributed by atoms with Gasteiger partial charge in [-0.25, -0.2) is 8.78 Å². The molecule has 0 saturated carbocycles. The number of hydrogen-bond acceptors (Lipinski definition) is 2. The van der Waals surface area contributed by atoms with E-state index in [1.165, 1.54) is 12.1 Å². The topological polar surface area (TPSA) is 43.8 Å². The van der Waals surface area contributed by atoms with Crippen molar-refractivity contribution in [3.05, 3.63) is 52.9 Å². The molecule has 2 aromatic rings. The molecule has 0 bridgehead atoms. The summed E-state index contributed by atoms with van der Waals surface area (Å²) in [7, 11) is 0. The Morgan fingerprint density at radius 3 is 2.68 bits per heavy atom. The SMILES string of the molecule is CCc1cc(C(N)c2cccc(F)c2F)n(CC)n1. The maximum atomic E-state index is 13.8. The van der Waals surface area contributed by atoms with Gasteiger partial charge in [-0.3, -0.25) is 4.68 Å². The fraction of sp³-hybridized carbons (Fsp3) is 0.357. The Bertz CT molecular complexity index is 578. The van der Waals surface area contributed by atoms with Crippen LogP contribution in [0.3, 0.4) is 0 Å². The third kappa shape index (κ3) is 2.51. The number of nitrogens with two attached hydrogens (primary N) is 1. The molecule has 1 aromatic heterocycles. The number of halogens is 2. The highest BCUT2D eigenvalue weighted by molar-refractivity contribution is 5.30. The monoisotopic (exact) mass is 265 g/mol. The van der Waals surface area contributed by atoms with Crippen LogP contribution in [0.5, 0.6) is 0 Å². The fourth-order valence-corrected chi connectivity index (χ4v) is 2.08. The third-order valence-electron chi connectivity index (χ3n) is 3.16. The van der Waals surface area contributed by atoms with E-state index in [1.807, 2.05) is 19.9 Å². The first-order valence-electron chi connectivity index (χ1n) is 6.34. The van der Waals surface area contributed by atoms with Crippen molar-refractivity contribution in [3.63, 3.8) is 0 Å². The van der Waals surface area contributed by atoms with Gasteiger partial charge in [0.25, 0.3) is 0 Å². The van der Waals surface area contributed by atoms with Crippen molar-refractivity contribution in [1.82, 2.24) is 9.78 Å². The quantitative estimate of drug-likeness (QED) is 0.923. The molecule has 0 spiro atoms. The Labute approximate surface area is 111 Å². The minimum Gasteiger partial charge on any atom is -0.319 e. The van der Waals surface area contributed by atoms with E-state index < -0.39 is 17.7 Å². The first kappa shape index (κ1) is 13.7. The summed E-state index contributed by atoms with van der Waals surface area (Å²) in [6.07, 6.45) is 0.776.